The van der Waals surface area contributed by atoms with E-state index in [4.69, 9.17) is 4.74 Å². The monoisotopic (exact) mass is 295 g/mol. The van der Waals surface area contributed by atoms with Gasteiger partial charge in [0.15, 0.2) is 0 Å². The van der Waals surface area contributed by atoms with E-state index < -0.39 is 5.54 Å². The van der Waals surface area contributed by atoms with Gasteiger partial charge >= 0.3 is 5.97 Å². The molecule has 1 atom stereocenters. The van der Waals surface area contributed by atoms with Crippen molar-refractivity contribution < 1.29 is 9.53 Å². The van der Waals surface area contributed by atoms with Gasteiger partial charge in [-0.05, 0) is 59.1 Å². The first-order valence-electron chi connectivity index (χ1n) is 7.94. The second kappa shape index (κ2) is 8.82. The third-order valence-electron chi connectivity index (χ3n) is 3.72. The molecule has 0 radical (unpaired) electrons. The SMILES string of the molecule is CCCNC(C)(CCCCn1nccc1C)C(=O)OCC. The molecule has 0 saturated heterocycles. The number of hydrogen-bond acceptors (Lipinski definition) is 4. The Morgan fingerprint density at radius 3 is 2.76 bits per heavy atom. The second-order valence-corrected chi connectivity index (χ2v) is 5.63. The summed E-state index contributed by atoms with van der Waals surface area (Å²) >= 11 is 0. The summed E-state index contributed by atoms with van der Waals surface area (Å²) in [5.41, 5.74) is 0.595. The van der Waals surface area contributed by atoms with Gasteiger partial charge in [-0.25, -0.2) is 0 Å². The third kappa shape index (κ3) is 5.50. The van der Waals surface area contributed by atoms with Gasteiger partial charge < -0.3 is 10.1 Å². The van der Waals surface area contributed by atoms with Crippen LogP contribution in [0, 0.1) is 6.92 Å². The highest BCUT2D eigenvalue weighted by Crippen LogP contribution is 2.17. The van der Waals surface area contributed by atoms with Crippen molar-refractivity contribution in [3.8, 4) is 0 Å². The lowest BCUT2D eigenvalue weighted by Gasteiger charge is -2.28. The van der Waals surface area contributed by atoms with Crippen molar-refractivity contribution in [2.24, 2.45) is 0 Å². The van der Waals surface area contributed by atoms with Crippen molar-refractivity contribution in [2.45, 2.75) is 65.5 Å². The molecule has 0 aliphatic carbocycles. The summed E-state index contributed by atoms with van der Waals surface area (Å²) in [6, 6.07) is 2.01. The average molecular weight is 295 g/mol. The highest BCUT2D eigenvalue weighted by molar-refractivity contribution is 5.80. The average Bonchev–Trinajstić information content (AvgIpc) is 2.87. The Hall–Kier alpha value is -1.36. The zero-order chi connectivity index (χ0) is 15.7. The number of aryl methyl sites for hydroxylation is 2. The van der Waals surface area contributed by atoms with E-state index in [-0.39, 0.29) is 5.97 Å². The van der Waals surface area contributed by atoms with E-state index in [1.165, 1.54) is 5.69 Å². The van der Waals surface area contributed by atoms with Crippen molar-refractivity contribution in [2.75, 3.05) is 13.2 Å². The second-order valence-electron chi connectivity index (χ2n) is 5.63. The molecule has 1 heterocycles. The third-order valence-corrected chi connectivity index (χ3v) is 3.72. The topological polar surface area (TPSA) is 56.2 Å². The summed E-state index contributed by atoms with van der Waals surface area (Å²) in [6.07, 6.45) is 5.57. The molecule has 0 amide bonds. The predicted octanol–water partition coefficient (Wildman–Crippen LogP) is 2.68. The molecule has 21 heavy (non-hydrogen) atoms. The number of hydrogen-bond donors (Lipinski definition) is 1. The number of nitrogens with one attached hydrogen (secondary N) is 1. The molecular weight excluding hydrogens is 266 g/mol. The lowest BCUT2D eigenvalue weighted by Crippen LogP contribution is -2.50. The van der Waals surface area contributed by atoms with Crippen LogP contribution in [0.2, 0.25) is 0 Å². The lowest BCUT2D eigenvalue weighted by atomic mass is 9.94. The van der Waals surface area contributed by atoms with Gasteiger partial charge in [0.2, 0.25) is 0 Å². The van der Waals surface area contributed by atoms with E-state index in [0.717, 1.165) is 38.8 Å². The lowest BCUT2D eigenvalue weighted by molar-refractivity contribution is -0.150. The molecule has 0 fully saturated rings. The van der Waals surface area contributed by atoms with Crippen LogP contribution in [0.4, 0.5) is 0 Å². The van der Waals surface area contributed by atoms with Gasteiger partial charge in [0.25, 0.3) is 0 Å². The van der Waals surface area contributed by atoms with Crippen molar-refractivity contribution in [3.05, 3.63) is 18.0 Å². The predicted molar refractivity (Wildman–Crippen MR) is 84.1 cm³/mol. The van der Waals surface area contributed by atoms with Crippen LogP contribution in [0.3, 0.4) is 0 Å². The minimum absolute atomic E-state index is 0.145. The maximum Gasteiger partial charge on any atom is 0.326 e. The van der Waals surface area contributed by atoms with Gasteiger partial charge in [0.1, 0.15) is 5.54 Å². The molecule has 1 N–H and O–H groups in total. The van der Waals surface area contributed by atoms with Crippen LogP contribution in [0.5, 0.6) is 0 Å². The molecule has 0 spiro atoms. The summed E-state index contributed by atoms with van der Waals surface area (Å²) in [5.74, 6) is -0.145. The fourth-order valence-corrected chi connectivity index (χ4v) is 2.33. The number of esters is 1. The minimum atomic E-state index is -0.578. The maximum absolute atomic E-state index is 12.1. The van der Waals surface area contributed by atoms with Crippen molar-refractivity contribution in [1.82, 2.24) is 15.1 Å². The Labute approximate surface area is 128 Å². The number of ether oxygens (including phenoxy) is 1. The molecule has 1 aromatic rings. The fourth-order valence-electron chi connectivity index (χ4n) is 2.33. The van der Waals surface area contributed by atoms with Crippen LogP contribution in [0.1, 0.15) is 52.1 Å². The summed E-state index contributed by atoms with van der Waals surface area (Å²) < 4.78 is 7.21. The molecular formula is C16H29N3O2. The first-order valence-corrected chi connectivity index (χ1v) is 7.94. The van der Waals surface area contributed by atoms with E-state index in [1.54, 1.807) is 0 Å². The molecule has 0 saturated carbocycles. The van der Waals surface area contributed by atoms with Gasteiger partial charge in [0, 0.05) is 18.4 Å². The fraction of sp³-hybridized carbons (Fsp3) is 0.750. The van der Waals surface area contributed by atoms with Crippen LogP contribution in [-0.2, 0) is 16.1 Å². The Kier molecular flexibility index (Phi) is 7.43. The normalized spacial score (nSPS) is 13.9. The Morgan fingerprint density at radius 1 is 1.43 bits per heavy atom. The standard InChI is InChI=1S/C16H29N3O2/c1-5-11-17-16(4,15(20)21-6-2)10-7-8-13-19-14(3)9-12-18-19/h9,12,17H,5-8,10-11,13H2,1-4H3. The molecule has 0 bridgehead atoms. The van der Waals surface area contributed by atoms with E-state index in [1.807, 2.05) is 30.8 Å². The van der Waals surface area contributed by atoms with Gasteiger partial charge in [-0.15, -0.1) is 0 Å². The van der Waals surface area contributed by atoms with E-state index in [0.29, 0.717) is 6.61 Å². The van der Waals surface area contributed by atoms with Crippen molar-refractivity contribution in [1.29, 1.82) is 0 Å². The van der Waals surface area contributed by atoms with Crippen LogP contribution < -0.4 is 5.32 Å². The zero-order valence-electron chi connectivity index (χ0n) is 13.8. The molecule has 120 valence electrons. The molecule has 5 heteroatoms. The first kappa shape index (κ1) is 17.7. The molecule has 0 aromatic carbocycles. The van der Waals surface area contributed by atoms with Gasteiger partial charge in [0.05, 0.1) is 6.61 Å². The largest absolute Gasteiger partial charge is 0.465 e. The molecule has 5 nitrogen and oxygen atoms in total. The Bertz CT molecular complexity index is 431. The summed E-state index contributed by atoms with van der Waals surface area (Å²) in [7, 11) is 0. The molecule has 1 unspecified atom stereocenters. The number of carbonyl (C=O) groups excluding carboxylic acids is 1. The molecule has 0 aliphatic rings. The number of rotatable bonds is 10. The summed E-state index contributed by atoms with van der Waals surface area (Å²) in [4.78, 5) is 12.1. The number of carbonyl (C=O) groups is 1. The van der Waals surface area contributed by atoms with Crippen molar-refractivity contribution in [3.63, 3.8) is 0 Å². The minimum Gasteiger partial charge on any atom is -0.465 e. The number of nitrogens with zero attached hydrogens (tertiary/aromatic N) is 2. The first-order chi connectivity index (χ1) is 10.0. The summed E-state index contributed by atoms with van der Waals surface area (Å²) in [5, 5.41) is 7.61. The van der Waals surface area contributed by atoms with Crippen LogP contribution in [-0.4, -0.2) is 34.4 Å². The van der Waals surface area contributed by atoms with Crippen LogP contribution >= 0.6 is 0 Å². The van der Waals surface area contributed by atoms with Crippen LogP contribution in [0.25, 0.3) is 0 Å². The molecule has 1 aromatic heterocycles. The smallest absolute Gasteiger partial charge is 0.326 e. The van der Waals surface area contributed by atoms with Crippen molar-refractivity contribution >= 4 is 5.97 Å². The van der Waals surface area contributed by atoms with E-state index >= 15 is 0 Å². The van der Waals surface area contributed by atoms with Gasteiger partial charge in [-0.2, -0.15) is 5.10 Å². The van der Waals surface area contributed by atoms with Crippen LogP contribution in [0.15, 0.2) is 12.3 Å². The van der Waals surface area contributed by atoms with E-state index in [2.05, 4.69) is 24.3 Å². The number of aromatic nitrogens is 2. The van der Waals surface area contributed by atoms with Gasteiger partial charge in [-0.3, -0.25) is 9.48 Å². The zero-order valence-corrected chi connectivity index (χ0v) is 13.8. The highest BCUT2D eigenvalue weighted by atomic mass is 16.5. The Balaban J connectivity index is 2.45. The summed E-state index contributed by atoms with van der Waals surface area (Å²) in [6.45, 7) is 10.1. The van der Waals surface area contributed by atoms with E-state index in [9.17, 15) is 4.79 Å². The maximum atomic E-state index is 12.1. The Morgan fingerprint density at radius 2 is 2.19 bits per heavy atom. The number of unbranched alkanes of at least 4 members (excludes halogenated alkanes) is 1. The molecule has 0 aliphatic heterocycles. The van der Waals surface area contributed by atoms with Gasteiger partial charge in [-0.1, -0.05) is 6.92 Å². The highest BCUT2D eigenvalue weighted by Gasteiger charge is 2.33. The molecule has 1 rings (SSSR count). The quantitative estimate of drug-likeness (QED) is 0.532.